The van der Waals surface area contributed by atoms with Crippen molar-refractivity contribution in [2.45, 2.75) is 18.9 Å². The quantitative estimate of drug-likeness (QED) is 0.482. The first-order chi connectivity index (χ1) is 9.13. The summed E-state index contributed by atoms with van der Waals surface area (Å²) in [5.41, 5.74) is 12.4. The van der Waals surface area contributed by atoms with Gasteiger partial charge in [-0.1, -0.05) is 0 Å². The molecule has 2 heterocycles. The number of rotatable bonds is 5. The van der Waals surface area contributed by atoms with Crippen LogP contribution in [0.4, 0.5) is 0 Å². The van der Waals surface area contributed by atoms with Crippen LogP contribution < -0.4 is 11.5 Å². The fourth-order valence-corrected chi connectivity index (χ4v) is 1.30. The van der Waals surface area contributed by atoms with Crippen molar-refractivity contribution in [3.8, 4) is 0 Å². The van der Waals surface area contributed by atoms with Crippen molar-refractivity contribution in [3.05, 3.63) is 36.4 Å². The first-order valence-corrected chi connectivity index (χ1v) is 5.76. The minimum absolute atomic E-state index is 0.287. The van der Waals surface area contributed by atoms with Crippen molar-refractivity contribution < 1.29 is 9.90 Å². The summed E-state index contributed by atoms with van der Waals surface area (Å²) in [4.78, 5) is 23.5. The third-order valence-corrected chi connectivity index (χ3v) is 2.28. The number of aliphatic carboxylic acids is 1. The minimum Gasteiger partial charge on any atom is -0.480 e. The number of nitrogens with zero attached hydrogens (tertiary/aromatic N) is 2. The van der Waals surface area contributed by atoms with Crippen LogP contribution >= 0.6 is 0 Å². The second kappa shape index (κ2) is 8.01. The molecule has 0 fully saturated rings. The molecule has 19 heavy (non-hydrogen) atoms. The minimum atomic E-state index is -1.00. The highest BCUT2D eigenvalue weighted by Crippen LogP contribution is 1.95. The Morgan fingerprint density at radius 3 is 2.26 bits per heavy atom. The Kier molecular flexibility index (Phi) is 6.27. The van der Waals surface area contributed by atoms with E-state index in [9.17, 15) is 4.79 Å². The molecule has 7 N–H and O–H groups in total. The van der Waals surface area contributed by atoms with Gasteiger partial charge in [0, 0.05) is 36.6 Å². The summed E-state index contributed by atoms with van der Waals surface area (Å²) in [7, 11) is 0. The van der Waals surface area contributed by atoms with E-state index in [1.807, 2.05) is 0 Å². The van der Waals surface area contributed by atoms with Crippen molar-refractivity contribution in [3.63, 3.8) is 0 Å². The molecule has 0 radical (unpaired) electrons. The van der Waals surface area contributed by atoms with Crippen LogP contribution in [0.5, 0.6) is 0 Å². The van der Waals surface area contributed by atoms with Crippen molar-refractivity contribution in [1.82, 2.24) is 19.9 Å². The molecule has 0 spiro atoms. The van der Waals surface area contributed by atoms with Crippen LogP contribution in [0.1, 0.15) is 11.4 Å². The van der Waals surface area contributed by atoms with Crippen LogP contribution in [-0.2, 0) is 17.6 Å². The van der Waals surface area contributed by atoms with Gasteiger partial charge in [-0.25, -0.2) is 9.97 Å². The highest BCUT2D eigenvalue weighted by molar-refractivity contribution is 5.73. The van der Waals surface area contributed by atoms with Gasteiger partial charge in [-0.3, -0.25) is 4.79 Å². The van der Waals surface area contributed by atoms with Gasteiger partial charge in [0.25, 0.3) is 0 Å². The number of aromatic amines is 2. The molecule has 0 amide bonds. The maximum absolute atomic E-state index is 10.3. The predicted octanol–water partition coefficient (Wildman–Crippen LogP) is -0.725. The van der Waals surface area contributed by atoms with Crippen LogP contribution in [0.2, 0.25) is 0 Å². The highest BCUT2D eigenvalue weighted by atomic mass is 16.4. The maximum atomic E-state index is 10.3. The fraction of sp³-hybridized carbons (Fsp3) is 0.364. The zero-order chi connectivity index (χ0) is 14.1. The highest BCUT2D eigenvalue weighted by Gasteiger charge is 2.11. The molecule has 2 aromatic rings. The summed E-state index contributed by atoms with van der Waals surface area (Å²) in [6.45, 7) is 0.683. The van der Waals surface area contributed by atoms with Gasteiger partial charge in [0.1, 0.15) is 6.04 Å². The van der Waals surface area contributed by atoms with Gasteiger partial charge in [0.2, 0.25) is 0 Å². The second-order valence-corrected chi connectivity index (χ2v) is 3.84. The Bertz CT molecular complexity index is 454. The molecule has 8 heteroatoms. The van der Waals surface area contributed by atoms with Crippen LogP contribution in [0, 0.1) is 0 Å². The predicted molar refractivity (Wildman–Crippen MR) is 69.2 cm³/mol. The molecule has 0 aliphatic rings. The maximum Gasteiger partial charge on any atom is 0.320 e. The smallest absolute Gasteiger partial charge is 0.320 e. The number of aromatic nitrogens is 4. The van der Waals surface area contributed by atoms with E-state index in [0.717, 1.165) is 17.8 Å². The number of carbonyl (C=O) groups is 1. The lowest BCUT2D eigenvalue weighted by atomic mass is 10.2. The zero-order valence-corrected chi connectivity index (χ0v) is 10.4. The van der Waals surface area contributed by atoms with Gasteiger partial charge >= 0.3 is 5.97 Å². The average molecular weight is 266 g/mol. The topological polar surface area (TPSA) is 147 Å². The number of nitrogens with one attached hydrogen (secondary N) is 2. The first kappa shape index (κ1) is 14.9. The Morgan fingerprint density at radius 1 is 1.26 bits per heavy atom. The van der Waals surface area contributed by atoms with Crippen molar-refractivity contribution in [2.75, 3.05) is 6.54 Å². The summed E-state index contributed by atoms with van der Waals surface area (Å²) in [6, 6.07) is -0.851. The van der Waals surface area contributed by atoms with Crippen molar-refractivity contribution in [1.29, 1.82) is 0 Å². The Labute approximate surface area is 110 Å². The van der Waals surface area contributed by atoms with E-state index in [1.165, 1.54) is 6.33 Å². The first-order valence-electron chi connectivity index (χ1n) is 5.76. The molecule has 104 valence electrons. The summed E-state index contributed by atoms with van der Waals surface area (Å²) in [5, 5.41) is 8.42. The van der Waals surface area contributed by atoms with Gasteiger partial charge in [0.15, 0.2) is 0 Å². The molecule has 1 atom stereocenters. The molecule has 0 aliphatic carbocycles. The number of H-pyrrole nitrogens is 2. The summed E-state index contributed by atoms with van der Waals surface area (Å²) in [5.74, 6) is -1.00. The van der Waals surface area contributed by atoms with E-state index in [-0.39, 0.29) is 6.42 Å². The van der Waals surface area contributed by atoms with Gasteiger partial charge in [-0.2, -0.15) is 0 Å². The Balaban J connectivity index is 0.000000200. The molecule has 0 saturated heterocycles. The monoisotopic (exact) mass is 266 g/mol. The third-order valence-electron chi connectivity index (χ3n) is 2.28. The van der Waals surface area contributed by atoms with Crippen LogP contribution in [0.3, 0.4) is 0 Å². The van der Waals surface area contributed by atoms with Crippen LogP contribution in [0.15, 0.2) is 25.0 Å². The number of hydrogen-bond donors (Lipinski definition) is 5. The average Bonchev–Trinajstić information content (AvgIpc) is 3.03. The molecule has 2 rings (SSSR count). The molecule has 0 aromatic carbocycles. The van der Waals surface area contributed by atoms with Crippen LogP contribution in [0.25, 0.3) is 0 Å². The van der Waals surface area contributed by atoms with Crippen molar-refractivity contribution in [2.24, 2.45) is 11.5 Å². The van der Waals surface area contributed by atoms with E-state index < -0.39 is 12.0 Å². The van der Waals surface area contributed by atoms with E-state index in [1.54, 1.807) is 18.7 Å². The Hall–Kier alpha value is -2.19. The molecule has 8 nitrogen and oxygen atoms in total. The molecule has 0 saturated carbocycles. The Morgan fingerprint density at radius 2 is 1.84 bits per heavy atom. The van der Waals surface area contributed by atoms with Gasteiger partial charge in [-0.15, -0.1) is 0 Å². The number of hydrogen-bond acceptors (Lipinski definition) is 5. The lowest BCUT2D eigenvalue weighted by Gasteiger charge is -2.02. The normalized spacial score (nSPS) is 11.5. The second-order valence-electron chi connectivity index (χ2n) is 3.84. The largest absolute Gasteiger partial charge is 0.480 e. The number of carboxylic acid groups (broad SMARTS) is 1. The van der Waals surface area contributed by atoms with Crippen molar-refractivity contribution >= 4 is 5.97 Å². The van der Waals surface area contributed by atoms with Crippen LogP contribution in [-0.4, -0.2) is 43.6 Å². The number of imidazole rings is 2. The van der Waals surface area contributed by atoms with E-state index in [4.69, 9.17) is 16.6 Å². The summed E-state index contributed by atoms with van der Waals surface area (Å²) in [6.07, 6.45) is 7.67. The molecule has 1 unspecified atom stereocenters. The molecule has 2 aromatic heterocycles. The molecule has 0 bridgehead atoms. The van der Waals surface area contributed by atoms with Gasteiger partial charge < -0.3 is 26.5 Å². The van der Waals surface area contributed by atoms with E-state index >= 15 is 0 Å². The van der Waals surface area contributed by atoms with Gasteiger partial charge in [0.05, 0.1) is 12.7 Å². The zero-order valence-electron chi connectivity index (χ0n) is 10.4. The molecular weight excluding hydrogens is 248 g/mol. The lowest BCUT2D eigenvalue weighted by Crippen LogP contribution is -2.32. The van der Waals surface area contributed by atoms with Gasteiger partial charge in [-0.05, 0) is 6.54 Å². The number of carboxylic acids is 1. The molecule has 0 aliphatic heterocycles. The van der Waals surface area contributed by atoms with E-state index in [0.29, 0.717) is 6.54 Å². The summed E-state index contributed by atoms with van der Waals surface area (Å²) >= 11 is 0. The summed E-state index contributed by atoms with van der Waals surface area (Å²) < 4.78 is 0. The lowest BCUT2D eigenvalue weighted by molar-refractivity contribution is -0.138. The third kappa shape index (κ3) is 5.80. The van der Waals surface area contributed by atoms with E-state index in [2.05, 4.69) is 19.9 Å². The molecular formula is C11H18N6O2. The standard InChI is InChI=1S/C6H9N3O2.C5H9N3/c7-5(6(10)11)1-4-2-8-3-9-4;6-2-1-5-3-7-4-8-5/h2-3,5H,1,7H2,(H,8,9)(H,10,11);3-4H,1-2,6H2,(H,7,8). The number of nitrogens with two attached hydrogens (primary N) is 2. The SMILES string of the molecule is NC(Cc1cnc[nH]1)C(=O)O.NCCc1cnc[nH]1. The fourth-order valence-electron chi connectivity index (χ4n) is 1.30.